The Hall–Kier alpha value is -3.73. The van der Waals surface area contributed by atoms with Gasteiger partial charge in [0.25, 0.3) is 5.91 Å². The minimum Gasteiger partial charge on any atom is -0.489 e. The van der Waals surface area contributed by atoms with E-state index in [1.807, 2.05) is 59.5 Å². The van der Waals surface area contributed by atoms with E-state index in [0.717, 1.165) is 22.9 Å². The summed E-state index contributed by atoms with van der Waals surface area (Å²) in [5.41, 5.74) is 2.18. The van der Waals surface area contributed by atoms with Gasteiger partial charge in [-0.2, -0.15) is 13.2 Å². The molecule has 0 fully saturated rings. The van der Waals surface area contributed by atoms with Gasteiger partial charge in [0.2, 0.25) is 0 Å². The molecule has 0 spiro atoms. The molecule has 0 bridgehead atoms. The molecule has 0 aliphatic rings. The first-order valence-corrected chi connectivity index (χ1v) is 13.5. The Morgan fingerprint density at radius 3 is 2.38 bits per heavy atom. The first kappa shape index (κ1) is 29.3. The van der Waals surface area contributed by atoms with Crippen LogP contribution in [0.3, 0.4) is 0 Å². The number of alkyl halides is 3. The number of carbonyl (C=O) groups is 1. The number of ether oxygens (including phenoxy) is 2. The molecule has 0 aliphatic heterocycles. The highest BCUT2D eigenvalue weighted by atomic mass is 32.1. The summed E-state index contributed by atoms with van der Waals surface area (Å²) < 4.78 is 50.8. The Morgan fingerprint density at radius 2 is 1.65 bits per heavy atom. The lowest BCUT2D eigenvalue weighted by Gasteiger charge is -2.22. The number of thiazole rings is 1. The first-order valence-electron chi connectivity index (χ1n) is 12.7. The molecule has 40 heavy (non-hydrogen) atoms. The molecule has 0 atom stereocenters. The van der Waals surface area contributed by atoms with Gasteiger partial charge in [-0.05, 0) is 34.9 Å². The molecular formula is C30H30F3N3O3S. The van der Waals surface area contributed by atoms with Crippen molar-refractivity contribution in [1.82, 2.24) is 15.2 Å². The maximum atomic E-state index is 13.3. The normalized spacial score (nSPS) is 11.5. The maximum absolute atomic E-state index is 13.3. The van der Waals surface area contributed by atoms with Crippen molar-refractivity contribution in [3.8, 4) is 5.75 Å². The molecule has 1 heterocycles. The van der Waals surface area contributed by atoms with E-state index in [-0.39, 0.29) is 12.5 Å². The lowest BCUT2D eigenvalue weighted by atomic mass is 10.1. The third-order valence-corrected chi connectivity index (χ3v) is 6.81. The topological polar surface area (TPSA) is 63.7 Å². The summed E-state index contributed by atoms with van der Waals surface area (Å²) in [6.07, 6.45) is -4.42. The average Bonchev–Trinajstić information content (AvgIpc) is 3.41. The molecule has 10 heteroatoms. The summed E-state index contributed by atoms with van der Waals surface area (Å²) in [5, 5.41) is 5.11. The first-order chi connectivity index (χ1) is 19.3. The number of nitrogens with zero attached hydrogens (tertiary/aromatic N) is 2. The fourth-order valence-corrected chi connectivity index (χ4v) is 4.81. The molecule has 3 aromatic carbocycles. The number of nitrogens with one attached hydrogen (secondary N) is 1. The summed E-state index contributed by atoms with van der Waals surface area (Å²) in [6, 6.07) is 22.8. The SMILES string of the molecule is COCCNC(=O)c1csc(CN(Cc2ccc(OCc3ccccc3)cc2)Cc2cccc(C(F)(F)F)c2)n1. The van der Waals surface area contributed by atoms with E-state index in [4.69, 9.17) is 9.47 Å². The summed E-state index contributed by atoms with van der Waals surface area (Å²) >= 11 is 1.34. The molecular weight excluding hydrogens is 539 g/mol. The molecule has 1 amide bonds. The fourth-order valence-electron chi connectivity index (χ4n) is 4.00. The number of carbonyl (C=O) groups excluding carboxylic acids is 1. The summed E-state index contributed by atoms with van der Waals surface area (Å²) in [5.74, 6) is 0.427. The van der Waals surface area contributed by atoms with Gasteiger partial charge in [0, 0.05) is 32.1 Å². The number of amides is 1. The maximum Gasteiger partial charge on any atom is 0.416 e. The van der Waals surface area contributed by atoms with Crippen LogP contribution in [0, 0.1) is 0 Å². The zero-order valence-corrected chi connectivity index (χ0v) is 22.8. The van der Waals surface area contributed by atoms with Gasteiger partial charge in [-0.25, -0.2) is 4.98 Å². The van der Waals surface area contributed by atoms with Crippen LogP contribution in [0.15, 0.2) is 84.2 Å². The molecule has 210 valence electrons. The third-order valence-electron chi connectivity index (χ3n) is 5.97. The predicted octanol–water partition coefficient (Wildman–Crippen LogP) is 6.32. The molecule has 1 aromatic heterocycles. The lowest BCUT2D eigenvalue weighted by Crippen LogP contribution is -2.27. The fraction of sp³-hybridized carbons (Fsp3) is 0.267. The zero-order chi connectivity index (χ0) is 28.4. The highest BCUT2D eigenvalue weighted by Gasteiger charge is 2.30. The number of methoxy groups -OCH3 is 1. The quantitative estimate of drug-likeness (QED) is 0.191. The summed E-state index contributed by atoms with van der Waals surface area (Å²) in [4.78, 5) is 18.8. The van der Waals surface area contributed by atoms with Crippen LogP contribution in [0.25, 0.3) is 0 Å². The Morgan fingerprint density at radius 1 is 0.925 bits per heavy atom. The second-order valence-corrected chi connectivity index (χ2v) is 10.1. The van der Waals surface area contributed by atoms with E-state index in [1.165, 1.54) is 23.5 Å². The van der Waals surface area contributed by atoms with Crippen molar-refractivity contribution in [2.75, 3.05) is 20.3 Å². The van der Waals surface area contributed by atoms with Gasteiger partial charge in [0.05, 0.1) is 18.7 Å². The molecule has 6 nitrogen and oxygen atoms in total. The Bertz CT molecular complexity index is 1360. The van der Waals surface area contributed by atoms with E-state index in [9.17, 15) is 18.0 Å². The van der Waals surface area contributed by atoms with Crippen molar-refractivity contribution in [1.29, 1.82) is 0 Å². The molecule has 0 saturated heterocycles. The zero-order valence-electron chi connectivity index (χ0n) is 22.0. The van der Waals surface area contributed by atoms with Gasteiger partial charge in [0.1, 0.15) is 23.1 Å². The largest absolute Gasteiger partial charge is 0.489 e. The Balaban J connectivity index is 1.46. The molecule has 0 saturated carbocycles. The van der Waals surface area contributed by atoms with Gasteiger partial charge in [0.15, 0.2) is 0 Å². The van der Waals surface area contributed by atoms with Crippen LogP contribution in [-0.2, 0) is 37.2 Å². The van der Waals surface area contributed by atoms with Crippen LogP contribution >= 0.6 is 11.3 Å². The van der Waals surface area contributed by atoms with Crippen LogP contribution in [-0.4, -0.2) is 36.1 Å². The molecule has 1 N–H and O–H groups in total. The molecule has 0 unspecified atom stereocenters. The van der Waals surface area contributed by atoms with Crippen molar-refractivity contribution >= 4 is 17.2 Å². The van der Waals surface area contributed by atoms with Crippen molar-refractivity contribution in [3.63, 3.8) is 0 Å². The second kappa shape index (κ2) is 14.1. The Labute approximate surface area is 235 Å². The molecule has 4 aromatic rings. The van der Waals surface area contributed by atoms with E-state index < -0.39 is 11.7 Å². The number of rotatable bonds is 13. The van der Waals surface area contributed by atoms with Crippen molar-refractivity contribution in [2.45, 2.75) is 32.4 Å². The van der Waals surface area contributed by atoms with E-state index in [2.05, 4.69) is 10.3 Å². The second-order valence-electron chi connectivity index (χ2n) is 9.14. The number of aromatic nitrogens is 1. The van der Waals surface area contributed by atoms with E-state index >= 15 is 0 Å². The van der Waals surface area contributed by atoms with Gasteiger partial charge >= 0.3 is 6.18 Å². The van der Waals surface area contributed by atoms with Crippen molar-refractivity contribution in [2.24, 2.45) is 0 Å². The van der Waals surface area contributed by atoms with Crippen LogP contribution in [0.1, 0.15) is 37.7 Å². The molecule has 0 radical (unpaired) electrons. The monoisotopic (exact) mass is 569 g/mol. The molecule has 4 rings (SSSR count). The van der Waals surface area contributed by atoms with Crippen molar-refractivity contribution in [3.05, 3.63) is 117 Å². The number of hydrogen-bond acceptors (Lipinski definition) is 6. The minimum absolute atomic E-state index is 0.269. The van der Waals surface area contributed by atoms with Gasteiger partial charge < -0.3 is 14.8 Å². The smallest absolute Gasteiger partial charge is 0.416 e. The van der Waals surface area contributed by atoms with Crippen LogP contribution in [0.2, 0.25) is 0 Å². The van der Waals surface area contributed by atoms with Gasteiger partial charge in [-0.15, -0.1) is 11.3 Å². The van der Waals surface area contributed by atoms with Gasteiger partial charge in [-0.1, -0.05) is 60.7 Å². The third kappa shape index (κ3) is 8.90. The van der Waals surface area contributed by atoms with E-state index in [1.54, 1.807) is 18.6 Å². The predicted molar refractivity (Wildman–Crippen MR) is 148 cm³/mol. The Kier molecular flexibility index (Phi) is 10.3. The summed E-state index contributed by atoms with van der Waals surface area (Å²) in [7, 11) is 1.55. The van der Waals surface area contributed by atoms with E-state index in [0.29, 0.717) is 49.1 Å². The molecule has 0 aliphatic carbocycles. The highest BCUT2D eigenvalue weighted by molar-refractivity contribution is 7.09. The van der Waals surface area contributed by atoms with Gasteiger partial charge in [-0.3, -0.25) is 9.69 Å². The standard InChI is InChI=1S/C30H30F3N3O3S/c1-38-15-14-34-29(37)27-21-40-28(35-27)19-36(18-24-8-5-9-25(16-24)30(31,32)33)17-22-10-12-26(13-11-22)39-20-23-6-3-2-4-7-23/h2-13,16,21H,14-15,17-20H2,1H3,(H,34,37). The van der Waals surface area contributed by atoms with Crippen LogP contribution in [0.5, 0.6) is 5.75 Å². The number of benzene rings is 3. The van der Waals surface area contributed by atoms with Crippen LogP contribution in [0.4, 0.5) is 13.2 Å². The van der Waals surface area contributed by atoms with Crippen molar-refractivity contribution < 1.29 is 27.4 Å². The lowest BCUT2D eigenvalue weighted by molar-refractivity contribution is -0.137. The average molecular weight is 570 g/mol. The summed E-state index contributed by atoms with van der Waals surface area (Å²) in [6.45, 7) is 2.31. The van der Waals surface area contributed by atoms with Crippen LogP contribution < -0.4 is 10.1 Å². The number of hydrogen-bond donors (Lipinski definition) is 1. The minimum atomic E-state index is -4.42. The number of halogens is 3. The highest BCUT2D eigenvalue weighted by Crippen LogP contribution is 2.30.